The summed E-state index contributed by atoms with van der Waals surface area (Å²) in [5.74, 6) is 0.308. The van der Waals surface area contributed by atoms with Crippen molar-refractivity contribution in [3.05, 3.63) is 29.8 Å². The molecule has 2 N–H and O–H groups in total. The normalized spacial score (nSPS) is 12.3. The zero-order valence-corrected chi connectivity index (χ0v) is 12.1. The van der Waals surface area contributed by atoms with Gasteiger partial charge in [-0.25, -0.2) is 8.42 Å². The van der Waals surface area contributed by atoms with Gasteiger partial charge in [-0.15, -0.1) is 0 Å². The smallest absolute Gasteiger partial charge is 0.243 e. The average Bonchev–Trinajstić information content (AvgIpc) is 2.35. The maximum Gasteiger partial charge on any atom is 0.243 e. The summed E-state index contributed by atoms with van der Waals surface area (Å²) in [6, 6.07) is 6.77. The minimum atomic E-state index is -3.38. The molecule has 0 unspecified atom stereocenters. The molecule has 0 spiro atoms. The van der Waals surface area contributed by atoms with E-state index in [0.29, 0.717) is 30.4 Å². The van der Waals surface area contributed by atoms with Crippen molar-refractivity contribution in [3.8, 4) is 0 Å². The Bertz CT molecular complexity index is 466. The van der Waals surface area contributed by atoms with Gasteiger partial charge in [0.15, 0.2) is 0 Å². The van der Waals surface area contributed by atoms with Gasteiger partial charge in [0.2, 0.25) is 10.0 Å². The van der Waals surface area contributed by atoms with Crippen molar-refractivity contribution < 1.29 is 8.42 Å². The van der Waals surface area contributed by atoms with Crippen LogP contribution in [-0.2, 0) is 16.6 Å². The van der Waals surface area contributed by atoms with Crippen molar-refractivity contribution in [2.75, 3.05) is 13.1 Å². The zero-order valence-electron chi connectivity index (χ0n) is 11.3. The molecule has 0 aliphatic carbocycles. The van der Waals surface area contributed by atoms with E-state index in [-0.39, 0.29) is 0 Å². The molecule has 18 heavy (non-hydrogen) atoms. The van der Waals surface area contributed by atoms with Crippen molar-refractivity contribution in [2.24, 2.45) is 11.7 Å². The quantitative estimate of drug-likeness (QED) is 0.857. The molecule has 0 aromatic heterocycles. The van der Waals surface area contributed by atoms with E-state index in [1.807, 2.05) is 20.8 Å². The van der Waals surface area contributed by atoms with Gasteiger partial charge in [-0.1, -0.05) is 32.9 Å². The summed E-state index contributed by atoms with van der Waals surface area (Å²) >= 11 is 0. The second-order valence-corrected chi connectivity index (χ2v) is 6.64. The molecule has 0 bridgehead atoms. The number of nitrogens with zero attached hydrogens (tertiary/aromatic N) is 1. The Labute approximate surface area is 110 Å². The largest absolute Gasteiger partial charge is 0.326 e. The molecule has 5 heteroatoms. The fourth-order valence-corrected chi connectivity index (χ4v) is 3.36. The molecule has 4 nitrogen and oxygen atoms in total. The highest BCUT2D eigenvalue weighted by Crippen LogP contribution is 2.17. The van der Waals surface area contributed by atoms with Gasteiger partial charge in [0.1, 0.15) is 0 Å². The van der Waals surface area contributed by atoms with Crippen LogP contribution in [0.15, 0.2) is 29.2 Å². The lowest BCUT2D eigenvalue weighted by molar-refractivity contribution is 0.381. The lowest BCUT2D eigenvalue weighted by Gasteiger charge is -2.22. The summed E-state index contributed by atoms with van der Waals surface area (Å²) in [6.45, 7) is 7.32. The summed E-state index contributed by atoms with van der Waals surface area (Å²) in [5.41, 5.74) is 6.43. The molecule has 0 saturated carbocycles. The molecular weight excluding hydrogens is 248 g/mol. The van der Waals surface area contributed by atoms with E-state index in [1.165, 1.54) is 4.31 Å². The summed E-state index contributed by atoms with van der Waals surface area (Å²) in [6.07, 6.45) is 0. The number of hydrogen-bond acceptors (Lipinski definition) is 3. The Kier molecular flexibility index (Phi) is 5.31. The average molecular weight is 270 g/mol. The van der Waals surface area contributed by atoms with Crippen LogP contribution >= 0.6 is 0 Å². The third-order valence-corrected chi connectivity index (χ3v) is 4.67. The van der Waals surface area contributed by atoms with Gasteiger partial charge in [0, 0.05) is 19.6 Å². The molecule has 0 saturated heterocycles. The molecule has 102 valence electrons. The van der Waals surface area contributed by atoms with Crippen molar-refractivity contribution in [3.63, 3.8) is 0 Å². The van der Waals surface area contributed by atoms with Crippen molar-refractivity contribution in [1.29, 1.82) is 0 Å². The van der Waals surface area contributed by atoms with E-state index < -0.39 is 10.0 Å². The Morgan fingerprint density at radius 1 is 1.22 bits per heavy atom. The van der Waals surface area contributed by atoms with Gasteiger partial charge in [0.05, 0.1) is 4.90 Å². The van der Waals surface area contributed by atoms with Crippen molar-refractivity contribution in [2.45, 2.75) is 32.2 Å². The summed E-state index contributed by atoms with van der Waals surface area (Å²) in [4.78, 5) is 0.335. The lowest BCUT2D eigenvalue weighted by Crippen LogP contribution is -2.34. The van der Waals surface area contributed by atoms with Crippen molar-refractivity contribution in [1.82, 2.24) is 4.31 Å². The van der Waals surface area contributed by atoms with Crippen LogP contribution in [0.25, 0.3) is 0 Å². The number of nitrogens with two attached hydrogens (primary N) is 1. The fourth-order valence-electron chi connectivity index (χ4n) is 1.75. The number of rotatable bonds is 6. The first kappa shape index (κ1) is 15.1. The van der Waals surface area contributed by atoms with Gasteiger partial charge in [-0.2, -0.15) is 4.31 Å². The molecule has 0 fully saturated rings. The highest BCUT2D eigenvalue weighted by molar-refractivity contribution is 7.89. The first-order valence-corrected chi connectivity index (χ1v) is 7.65. The summed E-state index contributed by atoms with van der Waals surface area (Å²) in [7, 11) is -3.38. The maximum absolute atomic E-state index is 12.4. The molecule has 0 amide bonds. The van der Waals surface area contributed by atoms with Crippen LogP contribution in [0.5, 0.6) is 0 Å². The third kappa shape index (κ3) is 3.54. The maximum atomic E-state index is 12.4. The zero-order chi connectivity index (χ0) is 13.8. The van der Waals surface area contributed by atoms with Gasteiger partial charge >= 0.3 is 0 Å². The predicted octanol–water partition coefficient (Wildman–Crippen LogP) is 1.81. The standard InChI is InChI=1S/C13H22N2O2S/c1-4-15(10-11(2)3)18(16,17)13-7-5-12(9-14)6-8-13/h5-8,11H,4,9-10,14H2,1-3H3. The molecule has 0 atom stereocenters. The highest BCUT2D eigenvalue weighted by atomic mass is 32.2. The van der Waals surface area contributed by atoms with Gasteiger partial charge in [-0.3, -0.25) is 0 Å². The highest BCUT2D eigenvalue weighted by Gasteiger charge is 2.23. The van der Waals surface area contributed by atoms with Crippen molar-refractivity contribution >= 4 is 10.0 Å². The summed E-state index contributed by atoms with van der Waals surface area (Å²) in [5, 5.41) is 0. The molecule has 0 aliphatic rings. The van der Waals surface area contributed by atoms with E-state index in [4.69, 9.17) is 5.73 Å². The van der Waals surface area contributed by atoms with Crippen LogP contribution in [0.1, 0.15) is 26.3 Å². The first-order chi connectivity index (χ1) is 8.41. The van der Waals surface area contributed by atoms with Gasteiger partial charge in [0.25, 0.3) is 0 Å². The van der Waals surface area contributed by atoms with Gasteiger partial charge in [-0.05, 0) is 23.6 Å². The Morgan fingerprint density at radius 3 is 2.17 bits per heavy atom. The van der Waals surface area contributed by atoms with Crippen LogP contribution in [0.2, 0.25) is 0 Å². The monoisotopic (exact) mass is 270 g/mol. The summed E-state index contributed by atoms with van der Waals surface area (Å²) < 4.78 is 26.3. The van der Waals surface area contributed by atoms with Crippen LogP contribution in [-0.4, -0.2) is 25.8 Å². The van der Waals surface area contributed by atoms with Crippen LogP contribution in [0.3, 0.4) is 0 Å². The molecule has 0 heterocycles. The predicted molar refractivity (Wildman–Crippen MR) is 73.6 cm³/mol. The third-order valence-electron chi connectivity index (χ3n) is 2.72. The second kappa shape index (κ2) is 6.31. The second-order valence-electron chi connectivity index (χ2n) is 4.70. The number of benzene rings is 1. The lowest BCUT2D eigenvalue weighted by atomic mass is 10.2. The molecule has 1 aromatic carbocycles. The molecule has 0 radical (unpaired) electrons. The minimum Gasteiger partial charge on any atom is -0.326 e. The van der Waals surface area contributed by atoms with E-state index in [9.17, 15) is 8.42 Å². The molecule has 1 aromatic rings. The van der Waals surface area contributed by atoms with Crippen LogP contribution < -0.4 is 5.73 Å². The molecule has 1 rings (SSSR count). The number of hydrogen-bond donors (Lipinski definition) is 1. The molecular formula is C13H22N2O2S. The topological polar surface area (TPSA) is 63.4 Å². The Morgan fingerprint density at radius 2 is 1.78 bits per heavy atom. The van der Waals surface area contributed by atoms with Crippen LogP contribution in [0, 0.1) is 5.92 Å². The SMILES string of the molecule is CCN(CC(C)C)S(=O)(=O)c1ccc(CN)cc1. The van der Waals surface area contributed by atoms with E-state index in [1.54, 1.807) is 24.3 Å². The van der Waals surface area contributed by atoms with Gasteiger partial charge < -0.3 is 5.73 Å². The first-order valence-electron chi connectivity index (χ1n) is 6.21. The fraction of sp³-hybridized carbons (Fsp3) is 0.538. The van der Waals surface area contributed by atoms with Crippen LogP contribution in [0.4, 0.5) is 0 Å². The van der Waals surface area contributed by atoms with E-state index >= 15 is 0 Å². The number of sulfonamides is 1. The Balaban J connectivity index is 3.02. The molecule has 0 aliphatic heterocycles. The van der Waals surface area contributed by atoms with E-state index in [0.717, 1.165) is 5.56 Å². The van der Waals surface area contributed by atoms with E-state index in [2.05, 4.69) is 0 Å². The Hall–Kier alpha value is -0.910. The minimum absolute atomic E-state index is 0.308.